The van der Waals surface area contributed by atoms with Crippen molar-refractivity contribution in [3.63, 3.8) is 0 Å². The molecule has 1 amide bonds. The topological polar surface area (TPSA) is 82.8 Å². The number of amides is 1. The van der Waals surface area contributed by atoms with Crippen LogP contribution in [0.3, 0.4) is 0 Å². The fourth-order valence-corrected chi connectivity index (χ4v) is 0.769. The summed E-state index contributed by atoms with van der Waals surface area (Å²) in [6.07, 6.45) is 0.956. The first kappa shape index (κ1) is 14.2. The predicted molar refractivity (Wildman–Crippen MR) is 54.7 cm³/mol. The molecule has 0 rings (SSSR count). The number of rotatable bonds is 6. The van der Waals surface area contributed by atoms with Crippen LogP contribution in [0.25, 0.3) is 0 Å². The molecule has 0 atom stereocenters. The molecular weight excluding hydrogens is 200 g/mol. The summed E-state index contributed by atoms with van der Waals surface area (Å²) in [5, 5.41) is 0. The van der Waals surface area contributed by atoms with Crippen molar-refractivity contribution in [3.05, 3.63) is 0 Å². The number of carbonyl (C=O) groups is 1. The second kappa shape index (κ2) is 7.44. The van der Waals surface area contributed by atoms with Crippen molar-refractivity contribution in [3.8, 4) is 0 Å². The third-order valence-electron chi connectivity index (χ3n) is 1.31. The van der Waals surface area contributed by atoms with Crippen molar-refractivity contribution in [2.45, 2.75) is 39.2 Å². The molecule has 0 radical (unpaired) electrons. The summed E-state index contributed by atoms with van der Waals surface area (Å²) in [5.74, 6) is 4.83. The van der Waals surface area contributed by atoms with Crippen LogP contribution in [0.15, 0.2) is 0 Å². The fourth-order valence-electron chi connectivity index (χ4n) is 0.769. The van der Waals surface area contributed by atoms with Gasteiger partial charge in [-0.25, -0.2) is 10.7 Å². The SMILES string of the molecule is CC(C)(C)OC(=O)NOCCCCON. The molecular formula is C9H20N2O4. The summed E-state index contributed by atoms with van der Waals surface area (Å²) in [6.45, 7) is 6.24. The van der Waals surface area contributed by atoms with E-state index in [1.54, 1.807) is 20.8 Å². The van der Waals surface area contributed by atoms with Gasteiger partial charge in [0.1, 0.15) is 5.60 Å². The van der Waals surface area contributed by atoms with Crippen LogP contribution in [0.2, 0.25) is 0 Å². The van der Waals surface area contributed by atoms with E-state index in [2.05, 4.69) is 10.3 Å². The van der Waals surface area contributed by atoms with Crippen molar-refractivity contribution in [1.29, 1.82) is 0 Å². The summed E-state index contributed by atoms with van der Waals surface area (Å²) in [5.41, 5.74) is 1.67. The van der Waals surface area contributed by atoms with Gasteiger partial charge in [-0.1, -0.05) is 0 Å². The first-order valence-electron chi connectivity index (χ1n) is 4.88. The number of nitrogens with one attached hydrogen (secondary N) is 1. The normalized spacial score (nSPS) is 11.2. The first-order valence-corrected chi connectivity index (χ1v) is 4.88. The molecule has 6 nitrogen and oxygen atoms in total. The maximum atomic E-state index is 11.0. The quantitative estimate of drug-likeness (QED) is 0.517. The Morgan fingerprint density at radius 3 is 2.40 bits per heavy atom. The van der Waals surface area contributed by atoms with E-state index in [1.807, 2.05) is 0 Å². The third-order valence-corrected chi connectivity index (χ3v) is 1.31. The van der Waals surface area contributed by atoms with Gasteiger partial charge in [-0.05, 0) is 33.6 Å². The highest BCUT2D eigenvalue weighted by Gasteiger charge is 2.15. The van der Waals surface area contributed by atoms with Crippen LogP contribution in [0, 0.1) is 0 Å². The van der Waals surface area contributed by atoms with Crippen molar-refractivity contribution in [2.24, 2.45) is 5.90 Å². The molecule has 0 aromatic carbocycles. The van der Waals surface area contributed by atoms with Gasteiger partial charge in [0.15, 0.2) is 0 Å². The predicted octanol–water partition coefficient (Wildman–Crippen LogP) is 1.11. The highest BCUT2D eigenvalue weighted by atomic mass is 16.7. The lowest BCUT2D eigenvalue weighted by molar-refractivity contribution is -0.00977. The van der Waals surface area contributed by atoms with E-state index in [0.29, 0.717) is 13.2 Å². The summed E-state index contributed by atoms with van der Waals surface area (Å²) < 4.78 is 4.95. The van der Waals surface area contributed by atoms with Crippen LogP contribution >= 0.6 is 0 Å². The minimum Gasteiger partial charge on any atom is -0.442 e. The number of hydrogen-bond acceptors (Lipinski definition) is 5. The Labute approximate surface area is 90.0 Å². The molecule has 0 aliphatic heterocycles. The van der Waals surface area contributed by atoms with E-state index in [0.717, 1.165) is 12.8 Å². The Kier molecular flexibility index (Phi) is 7.02. The average molecular weight is 220 g/mol. The summed E-state index contributed by atoms with van der Waals surface area (Å²) >= 11 is 0. The Balaban J connectivity index is 3.32. The van der Waals surface area contributed by atoms with E-state index < -0.39 is 11.7 Å². The van der Waals surface area contributed by atoms with Crippen molar-refractivity contribution in [2.75, 3.05) is 13.2 Å². The Bertz CT molecular complexity index is 179. The van der Waals surface area contributed by atoms with E-state index >= 15 is 0 Å². The third kappa shape index (κ3) is 11.1. The molecule has 0 aromatic rings. The maximum absolute atomic E-state index is 11.0. The van der Waals surface area contributed by atoms with Gasteiger partial charge in [0.2, 0.25) is 0 Å². The second-order valence-electron chi connectivity index (χ2n) is 4.03. The zero-order valence-corrected chi connectivity index (χ0v) is 9.54. The lowest BCUT2D eigenvalue weighted by Gasteiger charge is -2.19. The first-order chi connectivity index (χ1) is 6.95. The molecule has 15 heavy (non-hydrogen) atoms. The van der Waals surface area contributed by atoms with Crippen molar-refractivity contribution in [1.82, 2.24) is 5.48 Å². The second-order valence-corrected chi connectivity index (χ2v) is 4.03. The Hall–Kier alpha value is -0.850. The zero-order valence-electron chi connectivity index (χ0n) is 9.54. The van der Waals surface area contributed by atoms with Crippen LogP contribution in [0.4, 0.5) is 4.79 Å². The van der Waals surface area contributed by atoms with E-state index in [-0.39, 0.29) is 0 Å². The lowest BCUT2D eigenvalue weighted by atomic mass is 10.2. The molecule has 0 saturated heterocycles. The van der Waals surface area contributed by atoms with Crippen LogP contribution in [-0.2, 0) is 14.4 Å². The summed E-state index contributed by atoms with van der Waals surface area (Å²) in [7, 11) is 0. The molecule has 0 saturated carbocycles. The van der Waals surface area contributed by atoms with E-state index in [4.69, 9.17) is 15.5 Å². The molecule has 0 aliphatic carbocycles. The summed E-state index contributed by atoms with van der Waals surface area (Å²) in [6, 6.07) is 0. The highest BCUT2D eigenvalue weighted by Crippen LogP contribution is 2.06. The van der Waals surface area contributed by atoms with E-state index in [9.17, 15) is 4.79 Å². The van der Waals surface area contributed by atoms with Gasteiger partial charge in [0.25, 0.3) is 0 Å². The maximum Gasteiger partial charge on any atom is 0.431 e. The molecule has 0 unspecified atom stereocenters. The number of hydroxylamine groups is 1. The number of carbonyl (C=O) groups excluding carboxylic acids is 1. The lowest BCUT2D eigenvalue weighted by Crippen LogP contribution is -2.32. The smallest absolute Gasteiger partial charge is 0.431 e. The minimum atomic E-state index is -0.586. The zero-order chi connectivity index (χ0) is 11.7. The van der Waals surface area contributed by atoms with E-state index in [1.165, 1.54) is 0 Å². The molecule has 3 N–H and O–H groups in total. The van der Waals surface area contributed by atoms with Crippen molar-refractivity contribution >= 4 is 6.09 Å². The van der Waals surface area contributed by atoms with Gasteiger partial charge < -0.3 is 9.57 Å². The molecule has 6 heteroatoms. The van der Waals surface area contributed by atoms with Gasteiger partial charge in [-0.3, -0.25) is 4.84 Å². The number of unbranched alkanes of at least 4 members (excludes halogenated alkanes) is 1. The van der Waals surface area contributed by atoms with Gasteiger partial charge in [0.05, 0.1) is 13.2 Å². The minimum absolute atomic E-state index is 0.405. The largest absolute Gasteiger partial charge is 0.442 e. The molecule has 0 spiro atoms. The molecule has 0 aromatic heterocycles. The number of ether oxygens (including phenoxy) is 1. The molecule has 0 fully saturated rings. The van der Waals surface area contributed by atoms with Crippen molar-refractivity contribution < 1.29 is 19.2 Å². The molecule has 0 aliphatic rings. The Morgan fingerprint density at radius 1 is 1.27 bits per heavy atom. The van der Waals surface area contributed by atoms with Gasteiger partial charge in [0, 0.05) is 0 Å². The molecule has 90 valence electrons. The average Bonchev–Trinajstić information content (AvgIpc) is 2.08. The summed E-state index contributed by atoms with van der Waals surface area (Å²) in [4.78, 5) is 20.3. The monoisotopic (exact) mass is 220 g/mol. The van der Waals surface area contributed by atoms with Crippen LogP contribution in [0.5, 0.6) is 0 Å². The number of hydrogen-bond donors (Lipinski definition) is 2. The number of nitrogens with two attached hydrogens (primary N) is 1. The van der Waals surface area contributed by atoms with Gasteiger partial charge in [-0.15, -0.1) is 0 Å². The van der Waals surface area contributed by atoms with Crippen LogP contribution in [0.1, 0.15) is 33.6 Å². The highest BCUT2D eigenvalue weighted by molar-refractivity contribution is 5.66. The standard InChI is InChI=1S/C9H20N2O4/c1-9(2,3)15-8(12)11-14-7-5-4-6-13-10/h4-7,10H2,1-3H3,(H,11,12). The van der Waals surface area contributed by atoms with Crippen LogP contribution < -0.4 is 11.4 Å². The van der Waals surface area contributed by atoms with Gasteiger partial charge >= 0.3 is 6.09 Å². The molecule has 0 heterocycles. The molecule has 0 bridgehead atoms. The van der Waals surface area contributed by atoms with Crippen LogP contribution in [-0.4, -0.2) is 24.9 Å². The Morgan fingerprint density at radius 2 is 1.87 bits per heavy atom. The fraction of sp³-hybridized carbons (Fsp3) is 0.889. The van der Waals surface area contributed by atoms with Gasteiger partial charge in [-0.2, -0.15) is 5.48 Å².